The predicted molar refractivity (Wildman–Crippen MR) is 75.2 cm³/mol. The van der Waals surface area contributed by atoms with Gasteiger partial charge in [0.25, 0.3) is 0 Å². The third kappa shape index (κ3) is 6.95. The Labute approximate surface area is 120 Å². The van der Waals surface area contributed by atoms with Crippen LogP contribution in [0.2, 0.25) is 0 Å². The number of nitrogens with one attached hydrogen (secondary N) is 1. The van der Waals surface area contributed by atoms with Gasteiger partial charge in [0, 0.05) is 13.2 Å². The Kier molecular flexibility index (Phi) is 7.44. The number of aliphatic carboxylic acids is 1. The molecule has 0 aromatic carbocycles. The van der Waals surface area contributed by atoms with Crippen molar-refractivity contribution >= 4 is 29.3 Å². The lowest BCUT2D eigenvalue weighted by Crippen LogP contribution is -2.15. The predicted octanol–water partition coefficient (Wildman–Crippen LogP) is 0.863. The Balaban J connectivity index is 2.33. The fourth-order valence-electron chi connectivity index (χ4n) is 1.20. The average molecular weight is 300 g/mol. The van der Waals surface area contributed by atoms with Crippen molar-refractivity contribution < 1.29 is 24.2 Å². The molecular formula is C12H16N2O5S. The number of nitrogens with zero attached hydrogens (tertiary/aromatic N) is 1. The molecule has 0 aliphatic rings. The van der Waals surface area contributed by atoms with Gasteiger partial charge in [-0.1, -0.05) is 0 Å². The number of aromatic nitrogens is 1. The Morgan fingerprint density at radius 2 is 2.15 bits per heavy atom. The second-order valence-electron chi connectivity index (χ2n) is 3.66. The third-order valence-corrected chi connectivity index (χ3v) is 2.93. The lowest BCUT2D eigenvalue weighted by atomic mass is 10.4. The quantitative estimate of drug-likeness (QED) is 0.653. The van der Waals surface area contributed by atoms with E-state index in [1.807, 2.05) is 0 Å². The molecule has 0 bridgehead atoms. The Bertz CT molecular complexity index is 438. The molecule has 1 heterocycles. The highest BCUT2D eigenvalue weighted by atomic mass is 32.2. The molecular weight excluding hydrogens is 284 g/mol. The van der Waals surface area contributed by atoms with Crippen molar-refractivity contribution in [3.05, 3.63) is 18.3 Å². The van der Waals surface area contributed by atoms with E-state index >= 15 is 0 Å². The van der Waals surface area contributed by atoms with E-state index in [0.717, 1.165) is 11.8 Å². The number of carboxylic acids is 1. The molecule has 2 N–H and O–H groups in total. The summed E-state index contributed by atoms with van der Waals surface area (Å²) in [5.41, 5.74) is 0.532. The standard InChI is InChI=1S/C12H16N2O5S/c1-18-4-5-19-11-3-2-9(6-13-11)14-10(15)7-20-8-12(16)17/h2-3,6H,4-5,7-8H2,1H3,(H,14,15)(H,16,17). The molecule has 20 heavy (non-hydrogen) atoms. The van der Waals surface area contributed by atoms with Crippen LogP contribution in [-0.4, -0.2) is 53.8 Å². The number of carboxylic acid groups (broad SMARTS) is 1. The number of hydrogen-bond acceptors (Lipinski definition) is 6. The van der Waals surface area contributed by atoms with E-state index < -0.39 is 5.97 Å². The molecule has 0 saturated carbocycles. The van der Waals surface area contributed by atoms with Crippen LogP contribution < -0.4 is 10.1 Å². The molecule has 1 aromatic rings. The number of methoxy groups -OCH3 is 1. The van der Waals surface area contributed by atoms with E-state index in [1.54, 1.807) is 19.2 Å². The second-order valence-corrected chi connectivity index (χ2v) is 4.65. The molecule has 0 saturated heterocycles. The molecule has 0 spiro atoms. The Morgan fingerprint density at radius 1 is 1.35 bits per heavy atom. The number of pyridine rings is 1. The molecule has 0 aliphatic heterocycles. The summed E-state index contributed by atoms with van der Waals surface area (Å²) in [5, 5.41) is 11.1. The number of thioether (sulfide) groups is 1. The number of hydrogen-bond donors (Lipinski definition) is 2. The van der Waals surface area contributed by atoms with Crippen LogP contribution in [0, 0.1) is 0 Å². The second kappa shape index (κ2) is 9.16. The van der Waals surface area contributed by atoms with Gasteiger partial charge in [-0.05, 0) is 6.07 Å². The summed E-state index contributed by atoms with van der Waals surface area (Å²) in [6, 6.07) is 3.30. The molecule has 0 unspecified atom stereocenters. The number of carbonyl (C=O) groups excluding carboxylic acids is 1. The van der Waals surface area contributed by atoms with Crippen LogP contribution in [0.15, 0.2) is 18.3 Å². The molecule has 1 amide bonds. The molecule has 0 radical (unpaired) electrons. The number of rotatable bonds is 9. The summed E-state index contributed by atoms with van der Waals surface area (Å²) in [6.45, 7) is 0.877. The maximum atomic E-state index is 11.5. The minimum atomic E-state index is -0.943. The van der Waals surface area contributed by atoms with Crippen LogP contribution in [-0.2, 0) is 14.3 Å². The molecule has 7 nitrogen and oxygen atoms in total. The van der Waals surface area contributed by atoms with Gasteiger partial charge in [0.05, 0.1) is 30.0 Å². The number of anilines is 1. The van der Waals surface area contributed by atoms with Crippen molar-refractivity contribution in [1.29, 1.82) is 0 Å². The van der Waals surface area contributed by atoms with Gasteiger partial charge in [-0.3, -0.25) is 9.59 Å². The first-order valence-corrected chi connectivity index (χ1v) is 6.94. The molecule has 110 valence electrons. The van der Waals surface area contributed by atoms with Crippen molar-refractivity contribution in [3.63, 3.8) is 0 Å². The highest BCUT2D eigenvalue weighted by Gasteiger charge is 2.05. The zero-order valence-corrected chi connectivity index (χ0v) is 11.8. The van der Waals surface area contributed by atoms with E-state index in [0.29, 0.717) is 24.8 Å². The number of carbonyl (C=O) groups is 2. The molecule has 0 aliphatic carbocycles. The SMILES string of the molecule is COCCOc1ccc(NC(=O)CSCC(=O)O)cn1. The van der Waals surface area contributed by atoms with E-state index in [9.17, 15) is 9.59 Å². The lowest BCUT2D eigenvalue weighted by Gasteiger charge is -2.06. The molecule has 1 rings (SSSR count). The van der Waals surface area contributed by atoms with Crippen LogP contribution >= 0.6 is 11.8 Å². The first kappa shape index (κ1) is 16.3. The third-order valence-electron chi connectivity index (χ3n) is 2.02. The molecule has 0 atom stereocenters. The Morgan fingerprint density at radius 3 is 2.75 bits per heavy atom. The van der Waals surface area contributed by atoms with Crippen molar-refractivity contribution in [2.75, 3.05) is 37.1 Å². The maximum absolute atomic E-state index is 11.5. The van der Waals surface area contributed by atoms with Gasteiger partial charge in [-0.2, -0.15) is 0 Å². The topological polar surface area (TPSA) is 97.8 Å². The number of amides is 1. The molecule has 0 fully saturated rings. The fourth-order valence-corrected chi connectivity index (χ4v) is 1.73. The van der Waals surface area contributed by atoms with E-state index in [2.05, 4.69) is 10.3 Å². The van der Waals surface area contributed by atoms with Crippen molar-refractivity contribution in [2.24, 2.45) is 0 Å². The van der Waals surface area contributed by atoms with E-state index in [4.69, 9.17) is 14.6 Å². The normalized spacial score (nSPS) is 10.1. The zero-order chi connectivity index (χ0) is 14.8. The average Bonchev–Trinajstić information content (AvgIpc) is 2.40. The minimum absolute atomic E-state index is 0.0817. The van der Waals surface area contributed by atoms with Gasteiger partial charge < -0.3 is 19.9 Å². The van der Waals surface area contributed by atoms with Gasteiger partial charge >= 0.3 is 5.97 Å². The van der Waals surface area contributed by atoms with Crippen LogP contribution in [0.4, 0.5) is 5.69 Å². The summed E-state index contributed by atoms with van der Waals surface area (Å²) < 4.78 is 10.1. The summed E-state index contributed by atoms with van der Waals surface area (Å²) in [6.07, 6.45) is 1.47. The van der Waals surface area contributed by atoms with E-state index in [-0.39, 0.29) is 17.4 Å². The summed E-state index contributed by atoms with van der Waals surface area (Å²) in [4.78, 5) is 25.8. The molecule has 8 heteroatoms. The monoisotopic (exact) mass is 300 g/mol. The van der Waals surface area contributed by atoms with Crippen molar-refractivity contribution in [1.82, 2.24) is 4.98 Å². The minimum Gasteiger partial charge on any atom is -0.481 e. The lowest BCUT2D eigenvalue weighted by molar-refractivity contribution is -0.133. The highest BCUT2D eigenvalue weighted by molar-refractivity contribution is 8.00. The van der Waals surface area contributed by atoms with Crippen molar-refractivity contribution in [3.8, 4) is 5.88 Å². The van der Waals surface area contributed by atoms with Gasteiger partial charge in [0.15, 0.2) is 0 Å². The van der Waals surface area contributed by atoms with Crippen LogP contribution in [0.5, 0.6) is 5.88 Å². The first-order valence-electron chi connectivity index (χ1n) is 5.79. The number of ether oxygens (including phenoxy) is 2. The summed E-state index contributed by atoms with van der Waals surface area (Å²) >= 11 is 1.03. The van der Waals surface area contributed by atoms with Gasteiger partial charge in [0.1, 0.15) is 6.61 Å². The smallest absolute Gasteiger partial charge is 0.313 e. The van der Waals surface area contributed by atoms with Gasteiger partial charge in [-0.25, -0.2) is 4.98 Å². The van der Waals surface area contributed by atoms with Crippen LogP contribution in [0.1, 0.15) is 0 Å². The fraction of sp³-hybridized carbons (Fsp3) is 0.417. The summed E-state index contributed by atoms with van der Waals surface area (Å²) in [7, 11) is 1.58. The largest absolute Gasteiger partial charge is 0.481 e. The van der Waals surface area contributed by atoms with Crippen LogP contribution in [0.25, 0.3) is 0 Å². The van der Waals surface area contributed by atoms with Gasteiger partial charge in [-0.15, -0.1) is 11.8 Å². The van der Waals surface area contributed by atoms with E-state index in [1.165, 1.54) is 6.20 Å². The zero-order valence-electron chi connectivity index (χ0n) is 11.0. The Hall–Kier alpha value is -1.80. The van der Waals surface area contributed by atoms with Crippen LogP contribution in [0.3, 0.4) is 0 Å². The summed E-state index contributed by atoms with van der Waals surface area (Å²) in [5.74, 6) is -0.787. The highest BCUT2D eigenvalue weighted by Crippen LogP contribution is 2.12. The van der Waals surface area contributed by atoms with Gasteiger partial charge in [0.2, 0.25) is 11.8 Å². The molecule has 1 aromatic heterocycles. The first-order chi connectivity index (χ1) is 9.61. The maximum Gasteiger partial charge on any atom is 0.313 e. The van der Waals surface area contributed by atoms with Crippen molar-refractivity contribution in [2.45, 2.75) is 0 Å².